The third-order valence-corrected chi connectivity index (χ3v) is 3.69. The van der Waals surface area contributed by atoms with Crippen LogP contribution in [0, 0.1) is 0 Å². The lowest BCUT2D eigenvalue weighted by molar-refractivity contribution is 0.241. The number of thiophene rings is 1. The van der Waals surface area contributed by atoms with Crippen LogP contribution >= 0.6 is 27.3 Å². The standard InChI is InChI=1S/C10H10BrN3OS/c11-7-1-2-9-6(3-7)4-8(16-9)5-13-10(15)14-12/h1-4H,5,12H2,(H2,13,14,15). The van der Waals surface area contributed by atoms with E-state index in [1.54, 1.807) is 11.3 Å². The number of hydrogen-bond acceptors (Lipinski definition) is 3. The first-order chi connectivity index (χ1) is 7.69. The summed E-state index contributed by atoms with van der Waals surface area (Å²) in [6, 6.07) is 7.79. The maximum atomic E-state index is 10.9. The number of fused-ring (bicyclic) bond motifs is 1. The summed E-state index contributed by atoms with van der Waals surface area (Å²) in [6.45, 7) is 0.486. The van der Waals surface area contributed by atoms with Gasteiger partial charge in [0.1, 0.15) is 0 Å². The first-order valence-electron chi connectivity index (χ1n) is 4.61. The highest BCUT2D eigenvalue weighted by atomic mass is 79.9. The van der Waals surface area contributed by atoms with E-state index in [1.165, 1.54) is 10.1 Å². The number of carbonyl (C=O) groups excluding carboxylic acids is 1. The Morgan fingerprint density at radius 1 is 1.44 bits per heavy atom. The fourth-order valence-corrected chi connectivity index (χ4v) is 2.74. The van der Waals surface area contributed by atoms with Crippen LogP contribution in [0.2, 0.25) is 0 Å². The van der Waals surface area contributed by atoms with Gasteiger partial charge in [0.05, 0.1) is 6.54 Å². The molecule has 2 rings (SSSR count). The van der Waals surface area contributed by atoms with Crippen LogP contribution in [0.1, 0.15) is 4.88 Å². The molecule has 0 aliphatic heterocycles. The van der Waals surface area contributed by atoms with E-state index >= 15 is 0 Å². The predicted octanol–water partition coefficient (Wildman–Crippen LogP) is 2.34. The topological polar surface area (TPSA) is 67.1 Å². The number of urea groups is 1. The molecule has 0 aliphatic rings. The third kappa shape index (κ3) is 2.52. The van der Waals surface area contributed by atoms with Crippen molar-refractivity contribution < 1.29 is 4.79 Å². The molecule has 4 N–H and O–H groups in total. The Labute approximate surface area is 105 Å². The molecule has 0 radical (unpaired) electrons. The summed E-state index contributed by atoms with van der Waals surface area (Å²) >= 11 is 5.08. The minimum atomic E-state index is -0.376. The van der Waals surface area contributed by atoms with E-state index in [1.807, 2.05) is 11.5 Å². The molecule has 0 aliphatic carbocycles. The van der Waals surface area contributed by atoms with Gasteiger partial charge in [-0.1, -0.05) is 15.9 Å². The molecule has 0 bridgehead atoms. The van der Waals surface area contributed by atoms with Crippen LogP contribution in [0.25, 0.3) is 10.1 Å². The Kier molecular flexibility index (Phi) is 3.42. The molecule has 4 nitrogen and oxygen atoms in total. The second kappa shape index (κ2) is 4.82. The summed E-state index contributed by atoms with van der Waals surface area (Å²) in [5.74, 6) is 4.97. The molecule has 1 aromatic heterocycles. The van der Waals surface area contributed by atoms with E-state index in [-0.39, 0.29) is 6.03 Å². The average molecular weight is 300 g/mol. The van der Waals surface area contributed by atoms with E-state index < -0.39 is 0 Å². The number of hydrazine groups is 1. The molecular formula is C10H10BrN3OS. The molecular weight excluding hydrogens is 290 g/mol. The minimum Gasteiger partial charge on any atom is -0.332 e. The summed E-state index contributed by atoms with van der Waals surface area (Å²) in [4.78, 5) is 12.0. The number of nitrogens with two attached hydrogens (primary N) is 1. The molecule has 84 valence electrons. The summed E-state index contributed by atoms with van der Waals surface area (Å²) in [7, 11) is 0. The van der Waals surface area contributed by atoms with Gasteiger partial charge in [-0.3, -0.25) is 5.43 Å². The Morgan fingerprint density at radius 2 is 2.25 bits per heavy atom. The second-order valence-corrected chi connectivity index (χ2v) is 5.31. The van der Waals surface area contributed by atoms with Crippen molar-refractivity contribution in [2.75, 3.05) is 0 Å². The van der Waals surface area contributed by atoms with Gasteiger partial charge in [-0.15, -0.1) is 11.3 Å². The lowest BCUT2D eigenvalue weighted by Crippen LogP contribution is -2.39. The molecule has 16 heavy (non-hydrogen) atoms. The SMILES string of the molecule is NNC(=O)NCc1cc2cc(Br)ccc2s1. The highest BCUT2D eigenvalue weighted by Crippen LogP contribution is 2.28. The van der Waals surface area contributed by atoms with E-state index in [9.17, 15) is 4.79 Å². The highest BCUT2D eigenvalue weighted by Gasteiger charge is 2.03. The Hall–Kier alpha value is -1.11. The predicted molar refractivity (Wildman–Crippen MR) is 69.1 cm³/mol. The largest absolute Gasteiger partial charge is 0.332 e. The van der Waals surface area contributed by atoms with Crippen LogP contribution in [0.15, 0.2) is 28.7 Å². The molecule has 0 atom stereocenters. The van der Waals surface area contributed by atoms with Crippen LogP contribution in [-0.4, -0.2) is 6.03 Å². The molecule has 1 heterocycles. The van der Waals surface area contributed by atoms with Crippen LogP contribution in [0.5, 0.6) is 0 Å². The molecule has 6 heteroatoms. The fourth-order valence-electron chi connectivity index (χ4n) is 1.37. The maximum absolute atomic E-state index is 10.9. The van der Waals surface area contributed by atoms with Gasteiger partial charge in [0.2, 0.25) is 0 Å². The lowest BCUT2D eigenvalue weighted by atomic mass is 10.2. The monoisotopic (exact) mass is 299 g/mol. The van der Waals surface area contributed by atoms with Gasteiger partial charge in [-0.25, -0.2) is 10.6 Å². The van der Waals surface area contributed by atoms with Gasteiger partial charge in [0.25, 0.3) is 0 Å². The Bertz CT molecular complexity index is 526. The number of rotatable bonds is 2. The molecule has 0 spiro atoms. The van der Waals surface area contributed by atoms with Gasteiger partial charge < -0.3 is 5.32 Å². The molecule has 0 saturated heterocycles. The van der Waals surface area contributed by atoms with Crippen LogP contribution in [0.3, 0.4) is 0 Å². The highest BCUT2D eigenvalue weighted by molar-refractivity contribution is 9.10. The normalized spacial score (nSPS) is 10.4. The third-order valence-electron chi connectivity index (χ3n) is 2.08. The zero-order valence-corrected chi connectivity index (χ0v) is 10.7. The zero-order chi connectivity index (χ0) is 11.5. The van der Waals surface area contributed by atoms with Crippen LogP contribution < -0.4 is 16.6 Å². The van der Waals surface area contributed by atoms with Crippen molar-refractivity contribution in [3.63, 3.8) is 0 Å². The van der Waals surface area contributed by atoms with E-state index in [0.717, 1.165) is 9.35 Å². The summed E-state index contributed by atoms with van der Waals surface area (Å²) in [6.07, 6.45) is 0. The number of nitrogens with one attached hydrogen (secondary N) is 2. The number of carbonyl (C=O) groups is 1. The fraction of sp³-hybridized carbons (Fsp3) is 0.100. The van der Waals surface area contributed by atoms with Crippen molar-refractivity contribution in [1.82, 2.24) is 10.7 Å². The molecule has 2 aromatic rings. The summed E-state index contributed by atoms with van der Waals surface area (Å²) < 4.78 is 2.25. The number of amides is 2. The average Bonchev–Trinajstić information content (AvgIpc) is 2.67. The first kappa shape index (κ1) is 11.4. The molecule has 0 unspecified atom stereocenters. The van der Waals surface area contributed by atoms with Crippen molar-refractivity contribution in [3.8, 4) is 0 Å². The summed E-state index contributed by atoms with van der Waals surface area (Å²) in [5, 5.41) is 3.82. The Balaban J connectivity index is 2.16. The van der Waals surface area contributed by atoms with Crippen molar-refractivity contribution in [2.24, 2.45) is 5.84 Å². The maximum Gasteiger partial charge on any atom is 0.329 e. The van der Waals surface area contributed by atoms with Gasteiger partial charge in [0, 0.05) is 14.0 Å². The van der Waals surface area contributed by atoms with E-state index in [4.69, 9.17) is 5.84 Å². The van der Waals surface area contributed by atoms with Crippen molar-refractivity contribution in [1.29, 1.82) is 0 Å². The second-order valence-electron chi connectivity index (χ2n) is 3.22. The van der Waals surface area contributed by atoms with Gasteiger partial charge in [0.15, 0.2) is 0 Å². The zero-order valence-electron chi connectivity index (χ0n) is 8.29. The molecule has 1 aromatic carbocycles. The van der Waals surface area contributed by atoms with Crippen molar-refractivity contribution in [2.45, 2.75) is 6.54 Å². The number of benzene rings is 1. The van der Waals surface area contributed by atoms with Crippen LogP contribution in [0.4, 0.5) is 4.79 Å². The van der Waals surface area contributed by atoms with Crippen LogP contribution in [-0.2, 0) is 6.54 Å². The summed E-state index contributed by atoms with van der Waals surface area (Å²) in [5.41, 5.74) is 2.03. The van der Waals surface area contributed by atoms with Crippen molar-refractivity contribution in [3.05, 3.63) is 33.6 Å². The molecule has 0 fully saturated rings. The van der Waals surface area contributed by atoms with Gasteiger partial charge in [-0.2, -0.15) is 0 Å². The van der Waals surface area contributed by atoms with E-state index in [0.29, 0.717) is 6.54 Å². The lowest BCUT2D eigenvalue weighted by Gasteiger charge is -2.00. The van der Waals surface area contributed by atoms with Crippen molar-refractivity contribution >= 4 is 43.4 Å². The van der Waals surface area contributed by atoms with Gasteiger partial charge in [-0.05, 0) is 29.7 Å². The number of halogens is 1. The molecule has 0 saturated carbocycles. The van der Waals surface area contributed by atoms with Gasteiger partial charge >= 0.3 is 6.03 Å². The quantitative estimate of drug-likeness (QED) is 0.453. The smallest absolute Gasteiger partial charge is 0.329 e. The number of hydrogen-bond donors (Lipinski definition) is 3. The van der Waals surface area contributed by atoms with E-state index in [2.05, 4.69) is 39.4 Å². The first-order valence-corrected chi connectivity index (χ1v) is 6.22. The minimum absolute atomic E-state index is 0.376. The molecule has 2 amide bonds. The Morgan fingerprint density at radius 3 is 3.00 bits per heavy atom.